The first-order chi connectivity index (χ1) is 7.38. The fourth-order valence-electron chi connectivity index (χ4n) is 1.06. The molecule has 0 aliphatic rings. The van der Waals surface area contributed by atoms with Gasteiger partial charge in [-0.25, -0.2) is 0 Å². The van der Waals surface area contributed by atoms with Gasteiger partial charge in [0.1, 0.15) is 12.4 Å². The van der Waals surface area contributed by atoms with Gasteiger partial charge < -0.3 is 9.47 Å². The fourth-order valence-corrected chi connectivity index (χ4v) is 1.06. The molecule has 0 aliphatic carbocycles. The monoisotopic (exact) mass is 207 g/mol. The van der Waals surface area contributed by atoms with Crippen LogP contribution in [-0.4, -0.2) is 19.8 Å². The Morgan fingerprint density at radius 2 is 2.13 bits per heavy atom. The van der Waals surface area contributed by atoms with Gasteiger partial charge in [-0.15, -0.1) is 0 Å². The second-order valence-corrected chi connectivity index (χ2v) is 2.70. The third kappa shape index (κ3) is 3.89. The lowest BCUT2D eigenvalue weighted by atomic mass is 10.3. The molecule has 0 heterocycles. The highest BCUT2D eigenvalue weighted by molar-refractivity contribution is 5.50. The molecule has 0 spiro atoms. The van der Waals surface area contributed by atoms with E-state index in [9.17, 15) is 0 Å². The summed E-state index contributed by atoms with van der Waals surface area (Å²) in [5.74, 6) is 0.579. The minimum Gasteiger partial charge on any atom is -0.491 e. The van der Waals surface area contributed by atoms with Crippen molar-refractivity contribution in [1.82, 2.24) is 0 Å². The summed E-state index contributed by atoms with van der Waals surface area (Å²) >= 11 is 0. The molecule has 0 saturated carbocycles. The Morgan fingerprint density at radius 1 is 1.33 bits per heavy atom. The zero-order valence-electron chi connectivity index (χ0n) is 8.59. The Balaban J connectivity index is 2.55. The van der Waals surface area contributed by atoms with E-state index in [0.717, 1.165) is 0 Å². The van der Waals surface area contributed by atoms with Crippen LogP contribution < -0.4 is 4.74 Å². The van der Waals surface area contributed by atoms with E-state index in [1.807, 2.05) is 13.0 Å². The Kier molecular flexibility index (Phi) is 5.08. The number of hydrogen-bond donors (Lipinski definition) is 0. The standard InChI is InChI=1S/C10H13N3O2/c1-2-14-7-8-15-10-6-4-3-5-9(10)12-13-11/h3-6H,2,7-8H2,1H3. The highest BCUT2D eigenvalue weighted by atomic mass is 16.5. The molecule has 80 valence electrons. The van der Waals surface area contributed by atoms with Crippen molar-refractivity contribution in [3.8, 4) is 5.75 Å². The molecule has 5 heteroatoms. The van der Waals surface area contributed by atoms with Gasteiger partial charge in [0.25, 0.3) is 0 Å². The summed E-state index contributed by atoms with van der Waals surface area (Å²) in [7, 11) is 0. The normalized spacial score (nSPS) is 9.40. The first kappa shape index (κ1) is 11.4. The van der Waals surface area contributed by atoms with Crippen LogP contribution in [0, 0.1) is 0 Å². The van der Waals surface area contributed by atoms with Crippen LogP contribution in [0.25, 0.3) is 10.4 Å². The number of benzene rings is 1. The summed E-state index contributed by atoms with van der Waals surface area (Å²) < 4.78 is 10.5. The zero-order chi connectivity index (χ0) is 10.9. The van der Waals surface area contributed by atoms with E-state index >= 15 is 0 Å². The van der Waals surface area contributed by atoms with Crippen LogP contribution in [0.15, 0.2) is 29.4 Å². The molecule has 0 fully saturated rings. The molecule has 1 rings (SSSR count). The molecule has 0 unspecified atom stereocenters. The van der Waals surface area contributed by atoms with E-state index in [2.05, 4.69) is 10.0 Å². The summed E-state index contributed by atoms with van der Waals surface area (Å²) in [6.45, 7) is 3.57. The first-order valence-corrected chi connectivity index (χ1v) is 4.73. The smallest absolute Gasteiger partial charge is 0.128 e. The highest BCUT2D eigenvalue weighted by Crippen LogP contribution is 2.26. The van der Waals surface area contributed by atoms with Crippen LogP contribution in [0.4, 0.5) is 5.69 Å². The molecular formula is C10H13N3O2. The maximum atomic E-state index is 8.33. The molecule has 0 atom stereocenters. The van der Waals surface area contributed by atoms with Crippen molar-refractivity contribution in [1.29, 1.82) is 0 Å². The maximum absolute atomic E-state index is 8.33. The number of azide groups is 1. The summed E-state index contributed by atoms with van der Waals surface area (Å²) in [5, 5.41) is 3.52. The molecule has 0 radical (unpaired) electrons. The Labute approximate surface area is 88.3 Å². The van der Waals surface area contributed by atoms with Gasteiger partial charge >= 0.3 is 0 Å². The Bertz CT molecular complexity index is 348. The summed E-state index contributed by atoms with van der Waals surface area (Å²) in [4.78, 5) is 2.72. The van der Waals surface area contributed by atoms with Crippen molar-refractivity contribution in [3.05, 3.63) is 34.7 Å². The van der Waals surface area contributed by atoms with Gasteiger partial charge in [-0.3, -0.25) is 0 Å². The van der Waals surface area contributed by atoms with Crippen molar-refractivity contribution in [2.45, 2.75) is 6.92 Å². The van der Waals surface area contributed by atoms with E-state index in [4.69, 9.17) is 15.0 Å². The van der Waals surface area contributed by atoms with Crippen LogP contribution in [0.1, 0.15) is 6.92 Å². The van der Waals surface area contributed by atoms with Crippen molar-refractivity contribution >= 4 is 5.69 Å². The quantitative estimate of drug-likeness (QED) is 0.311. The van der Waals surface area contributed by atoms with E-state index in [-0.39, 0.29) is 0 Å². The van der Waals surface area contributed by atoms with Crippen molar-refractivity contribution in [3.63, 3.8) is 0 Å². The number of nitrogens with zero attached hydrogens (tertiary/aromatic N) is 3. The summed E-state index contributed by atoms with van der Waals surface area (Å²) in [5.41, 5.74) is 8.83. The lowest BCUT2D eigenvalue weighted by molar-refractivity contribution is 0.110. The van der Waals surface area contributed by atoms with Gasteiger partial charge in [0.2, 0.25) is 0 Å². The molecular weight excluding hydrogens is 194 g/mol. The molecule has 0 bridgehead atoms. The van der Waals surface area contributed by atoms with Crippen molar-refractivity contribution in [2.75, 3.05) is 19.8 Å². The predicted octanol–water partition coefficient (Wildman–Crippen LogP) is 3.04. The average Bonchev–Trinajstić information content (AvgIpc) is 2.27. The molecule has 0 aromatic heterocycles. The van der Waals surface area contributed by atoms with E-state index in [1.165, 1.54) is 0 Å². The van der Waals surface area contributed by atoms with Gasteiger partial charge in [-0.05, 0) is 24.6 Å². The van der Waals surface area contributed by atoms with Gasteiger partial charge in [0, 0.05) is 11.5 Å². The highest BCUT2D eigenvalue weighted by Gasteiger charge is 1.99. The molecule has 0 aliphatic heterocycles. The number of rotatable bonds is 6. The number of ether oxygens (including phenoxy) is 2. The van der Waals surface area contributed by atoms with Crippen molar-refractivity contribution in [2.24, 2.45) is 5.11 Å². The second-order valence-electron chi connectivity index (χ2n) is 2.70. The molecule has 0 amide bonds. The van der Waals surface area contributed by atoms with Gasteiger partial charge in [-0.1, -0.05) is 17.2 Å². The number of para-hydroxylation sites is 1. The molecule has 5 nitrogen and oxygen atoms in total. The molecule has 1 aromatic carbocycles. The van der Waals surface area contributed by atoms with Crippen LogP contribution in [0.2, 0.25) is 0 Å². The average molecular weight is 207 g/mol. The summed E-state index contributed by atoms with van der Waals surface area (Å²) in [6.07, 6.45) is 0. The first-order valence-electron chi connectivity index (χ1n) is 4.73. The van der Waals surface area contributed by atoms with Gasteiger partial charge in [0.15, 0.2) is 0 Å². The lowest BCUT2D eigenvalue weighted by Gasteiger charge is -2.07. The molecule has 1 aromatic rings. The van der Waals surface area contributed by atoms with Crippen LogP contribution in [0.3, 0.4) is 0 Å². The second kappa shape index (κ2) is 6.70. The Morgan fingerprint density at radius 3 is 2.87 bits per heavy atom. The minimum absolute atomic E-state index is 0.450. The number of hydrogen-bond acceptors (Lipinski definition) is 3. The third-order valence-corrected chi connectivity index (χ3v) is 1.71. The summed E-state index contributed by atoms with van der Waals surface area (Å²) in [6, 6.07) is 7.08. The molecule has 15 heavy (non-hydrogen) atoms. The topological polar surface area (TPSA) is 67.2 Å². The van der Waals surface area contributed by atoms with E-state index in [1.54, 1.807) is 18.2 Å². The van der Waals surface area contributed by atoms with Gasteiger partial charge in [0.05, 0.1) is 12.3 Å². The van der Waals surface area contributed by atoms with Gasteiger partial charge in [-0.2, -0.15) is 0 Å². The zero-order valence-corrected chi connectivity index (χ0v) is 8.59. The fraction of sp³-hybridized carbons (Fsp3) is 0.400. The minimum atomic E-state index is 0.450. The van der Waals surface area contributed by atoms with E-state index in [0.29, 0.717) is 31.3 Å². The third-order valence-electron chi connectivity index (χ3n) is 1.71. The molecule has 0 N–H and O–H groups in total. The molecule has 0 saturated heterocycles. The van der Waals surface area contributed by atoms with Crippen LogP contribution in [-0.2, 0) is 4.74 Å². The largest absolute Gasteiger partial charge is 0.491 e. The lowest BCUT2D eigenvalue weighted by Crippen LogP contribution is -2.06. The van der Waals surface area contributed by atoms with Crippen molar-refractivity contribution < 1.29 is 9.47 Å². The van der Waals surface area contributed by atoms with E-state index < -0.39 is 0 Å². The maximum Gasteiger partial charge on any atom is 0.128 e. The SMILES string of the molecule is CCOCCOc1ccccc1N=[N+]=[N-]. The van der Waals surface area contributed by atoms with Crippen LogP contribution in [0.5, 0.6) is 5.75 Å². The van der Waals surface area contributed by atoms with Crippen LogP contribution >= 0.6 is 0 Å². The Hall–Kier alpha value is -1.71. The predicted molar refractivity (Wildman–Crippen MR) is 57.2 cm³/mol.